The number of nitrogens with zero attached hydrogens (tertiary/aromatic N) is 1. The third-order valence-electron chi connectivity index (χ3n) is 2.12. The first-order valence-electron chi connectivity index (χ1n) is 5.55. The summed E-state index contributed by atoms with van der Waals surface area (Å²) in [4.78, 5) is 0. The Morgan fingerprint density at radius 3 is 2.44 bits per heavy atom. The summed E-state index contributed by atoms with van der Waals surface area (Å²) in [6.45, 7) is 5.91. The molecule has 0 aliphatic carbocycles. The van der Waals surface area contributed by atoms with Crippen LogP contribution < -0.4 is 5.32 Å². The lowest BCUT2D eigenvalue weighted by Crippen LogP contribution is -2.40. The van der Waals surface area contributed by atoms with Gasteiger partial charge in [-0.1, -0.05) is 13.8 Å². The van der Waals surface area contributed by atoms with E-state index in [0.29, 0.717) is 32.2 Å². The molecule has 0 aromatic heterocycles. The summed E-state index contributed by atoms with van der Waals surface area (Å²) in [5.74, 6) is 0.459. The normalized spacial score (nSPS) is 12.6. The Morgan fingerprint density at radius 2 is 2.00 bits per heavy atom. The van der Waals surface area contributed by atoms with Crippen molar-refractivity contribution in [3.8, 4) is 0 Å². The molecule has 0 aromatic rings. The van der Waals surface area contributed by atoms with Crippen LogP contribution in [0.4, 0.5) is 0 Å². The van der Waals surface area contributed by atoms with Crippen molar-refractivity contribution in [2.24, 2.45) is 5.92 Å². The second-order valence-corrected chi connectivity index (χ2v) is 6.25. The summed E-state index contributed by atoms with van der Waals surface area (Å²) < 4.78 is 30.4. The molecule has 98 valence electrons. The average molecular weight is 252 g/mol. The van der Waals surface area contributed by atoms with Crippen LogP contribution in [0, 0.1) is 5.92 Å². The van der Waals surface area contributed by atoms with Crippen molar-refractivity contribution in [2.45, 2.75) is 13.8 Å². The molecule has 0 atom stereocenters. The number of sulfonamides is 1. The zero-order valence-corrected chi connectivity index (χ0v) is 11.5. The quantitative estimate of drug-likeness (QED) is 0.634. The van der Waals surface area contributed by atoms with Gasteiger partial charge in [-0.05, 0) is 13.0 Å². The SMILES string of the molecule is CNCCS(=O)(=O)N(CCOC)CC(C)C. The zero-order valence-electron chi connectivity index (χ0n) is 10.7. The predicted molar refractivity (Wildman–Crippen MR) is 66.0 cm³/mol. The number of methoxy groups -OCH3 is 1. The molecule has 0 radical (unpaired) electrons. The van der Waals surface area contributed by atoms with Crippen LogP contribution in [0.2, 0.25) is 0 Å². The van der Waals surface area contributed by atoms with Crippen LogP contribution in [0.15, 0.2) is 0 Å². The van der Waals surface area contributed by atoms with Crippen molar-refractivity contribution in [2.75, 3.05) is 46.2 Å². The van der Waals surface area contributed by atoms with E-state index in [9.17, 15) is 8.42 Å². The van der Waals surface area contributed by atoms with E-state index in [-0.39, 0.29) is 5.75 Å². The Bertz CT molecular complexity index is 265. The van der Waals surface area contributed by atoms with Crippen LogP contribution in [0.5, 0.6) is 0 Å². The average Bonchev–Trinajstić information content (AvgIpc) is 2.20. The van der Waals surface area contributed by atoms with E-state index < -0.39 is 10.0 Å². The van der Waals surface area contributed by atoms with Crippen molar-refractivity contribution in [3.05, 3.63) is 0 Å². The molecule has 0 aliphatic rings. The molecule has 0 spiro atoms. The first kappa shape index (κ1) is 15.8. The number of hydrogen-bond donors (Lipinski definition) is 1. The molecule has 0 aromatic carbocycles. The predicted octanol–water partition coefficient (Wildman–Crippen LogP) is 0.140. The molecule has 5 nitrogen and oxygen atoms in total. The molecule has 0 saturated heterocycles. The summed E-state index contributed by atoms with van der Waals surface area (Å²) in [5.41, 5.74) is 0. The number of nitrogens with one attached hydrogen (secondary N) is 1. The highest BCUT2D eigenvalue weighted by atomic mass is 32.2. The molecule has 0 aliphatic heterocycles. The summed E-state index contributed by atoms with van der Waals surface area (Å²) in [6.07, 6.45) is 0. The first-order chi connectivity index (χ1) is 7.44. The van der Waals surface area contributed by atoms with Crippen LogP contribution in [0.25, 0.3) is 0 Å². The van der Waals surface area contributed by atoms with Gasteiger partial charge in [0.05, 0.1) is 12.4 Å². The fraction of sp³-hybridized carbons (Fsp3) is 1.00. The monoisotopic (exact) mass is 252 g/mol. The van der Waals surface area contributed by atoms with Gasteiger partial charge in [-0.3, -0.25) is 0 Å². The number of ether oxygens (including phenoxy) is 1. The lowest BCUT2D eigenvalue weighted by Gasteiger charge is -2.23. The minimum absolute atomic E-state index is 0.139. The lowest BCUT2D eigenvalue weighted by molar-refractivity contribution is 0.175. The molecule has 16 heavy (non-hydrogen) atoms. The van der Waals surface area contributed by atoms with Gasteiger partial charge >= 0.3 is 0 Å². The zero-order chi connectivity index (χ0) is 12.6. The molecule has 0 amide bonds. The summed E-state index contributed by atoms with van der Waals surface area (Å²) in [6, 6.07) is 0. The molecule has 1 N–H and O–H groups in total. The topological polar surface area (TPSA) is 58.6 Å². The summed E-state index contributed by atoms with van der Waals surface area (Å²) in [5, 5.41) is 2.85. The third-order valence-corrected chi connectivity index (χ3v) is 3.96. The van der Waals surface area contributed by atoms with Crippen molar-refractivity contribution in [3.63, 3.8) is 0 Å². The highest BCUT2D eigenvalue weighted by molar-refractivity contribution is 7.89. The van der Waals surface area contributed by atoms with E-state index in [1.807, 2.05) is 13.8 Å². The van der Waals surface area contributed by atoms with Gasteiger partial charge in [0, 0.05) is 26.7 Å². The van der Waals surface area contributed by atoms with E-state index in [0.717, 1.165) is 0 Å². The molecule has 0 unspecified atom stereocenters. The van der Waals surface area contributed by atoms with Gasteiger partial charge < -0.3 is 10.1 Å². The van der Waals surface area contributed by atoms with E-state index in [2.05, 4.69) is 5.32 Å². The van der Waals surface area contributed by atoms with Crippen molar-refractivity contribution >= 4 is 10.0 Å². The molecule has 0 fully saturated rings. The summed E-state index contributed by atoms with van der Waals surface area (Å²) in [7, 11) is 0.164. The third kappa shape index (κ3) is 6.42. The van der Waals surface area contributed by atoms with Gasteiger partial charge in [0.2, 0.25) is 10.0 Å². The maximum atomic E-state index is 12.0. The van der Waals surface area contributed by atoms with Gasteiger partial charge in [-0.15, -0.1) is 0 Å². The van der Waals surface area contributed by atoms with Crippen molar-refractivity contribution in [1.82, 2.24) is 9.62 Å². The second kappa shape index (κ2) is 8.00. The van der Waals surface area contributed by atoms with Crippen LogP contribution in [-0.4, -0.2) is 58.9 Å². The van der Waals surface area contributed by atoms with Crippen molar-refractivity contribution in [1.29, 1.82) is 0 Å². The molecule has 0 heterocycles. The first-order valence-corrected chi connectivity index (χ1v) is 7.16. The molecule has 0 saturated carbocycles. The van der Waals surface area contributed by atoms with Crippen LogP contribution in [0.3, 0.4) is 0 Å². The standard InChI is InChI=1S/C10H24N2O3S/c1-10(2)9-12(6-7-15-4)16(13,14)8-5-11-3/h10-11H,5-9H2,1-4H3. The Morgan fingerprint density at radius 1 is 1.38 bits per heavy atom. The molecule has 0 bridgehead atoms. The largest absolute Gasteiger partial charge is 0.383 e. The molecule has 6 heteroatoms. The minimum Gasteiger partial charge on any atom is -0.383 e. The fourth-order valence-corrected chi connectivity index (χ4v) is 2.90. The number of hydrogen-bond acceptors (Lipinski definition) is 4. The summed E-state index contributed by atoms with van der Waals surface area (Å²) >= 11 is 0. The van der Waals surface area contributed by atoms with Crippen LogP contribution in [0.1, 0.15) is 13.8 Å². The van der Waals surface area contributed by atoms with Crippen LogP contribution in [-0.2, 0) is 14.8 Å². The smallest absolute Gasteiger partial charge is 0.215 e. The molecular formula is C10H24N2O3S. The number of rotatable bonds is 9. The van der Waals surface area contributed by atoms with Gasteiger partial charge in [-0.2, -0.15) is 4.31 Å². The highest BCUT2D eigenvalue weighted by Crippen LogP contribution is 2.06. The second-order valence-electron chi connectivity index (χ2n) is 4.16. The van der Waals surface area contributed by atoms with Gasteiger partial charge in [0.15, 0.2) is 0 Å². The highest BCUT2D eigenvalue weighted by Gasteiger charge is 2.21. The maximum absolute atomic E-state index is 12.0. The van der Waals surface area contributed by atoms with Gasteiger partial charge in [-0.25, -0.2) is 8.42 Å². The Hall–Kier alpha value is -0.170. The van der Waals surface area contributed by atoms with Gasteiger partial charge in [0.25, 0.3) is 0 Å². The Balaban J connectivity index is 4.46. The van der Waals surface area contributed by atoms with E-state index in [1.165, 1.54) is 4.31 Å². The van der Waals surface area contributed by atoms with E-state index >= 15 is 0 Å². The minimum atomic E-state index is -3.16. The Labute approximate surface area is 99.2 Å². The fourth-order valence-electron chi connectivity index (χ4n) is 1.30. The van der Waals surface area contributed by atoms with E-state index in [1.54, 1.807) is 14.2 Å². The van der Waals surface area contributed by atoms with E-state index in [4.69, 9.17) is 4.74 Å². The molecular weight excluding hydrogens is 228 g/mol. The lowest BCUT2D eigenvalue weighted by atomic mass is 10.2. The Kier molecular flexibility index (Phi) is 7.91. The van der Waals surface area contributed by atoms with Crippen LogP contribution >= 0.6 is 0 Å². The van der Waals surface area contributed by atoms with Crippen molar-refractivity contribution < 1.29 is 13.2 Å². The van der Waals surface area contributed by atoms with Gasteiger partial charge in [0.1, 0.15) is 0 Å². The molecule has 0 rings (SSSR count). The maximum Gasteiger partial charge on any atom is 0.215 e.